The SMILES string of the molecule is CCN(CC)c1ccc(C(=O)NNC(=O)c2cc([N+](=O)[O-])ccc2Cl)cc1. The van der Waals surface area contributed by atoms with Gasteiger partial charge in [0.15, 0.2) is 0 Å². The van der Waals surface area contributed by atoms with Crippen molar-refractivity contribution in [3.05, 3.63) is 68.7 Å². The molecule has 2 aromatic rings. The van der Waals surface area contributed by atoms with Crippen LogP contribution < -0.4 is 15.8 Å². The standard InChI is InChI=1S/C18H19ClN4O4/c1-3-22(4-2)13-7-5-12(6-8-13)17(24)20-21-18(25)15-11-14(23(26)27)9-10-16(15)19/h5-11H,3-4H2,1-2H3,(H,20,24)(H,21,25). The van der Waals surface area contributed by atoms with E-state index < -0.39 is 16.7 Å². The number of anilines is 1. The highest BCUT2D eigenvalue weighted by Gasteiger charge is 2.16. The zero-order valence-corrected chi connectivity index (χ0v) is 15.6. The summed E-state index contributed by atoms with van der Waals surface area (Å²) in [6.07, 6.45) is 0. The van der Waals surface area contributed by atoms with Gasteiger partial charge in [0.2, 0.25) is 0 Å². The van der Waals surface area contributed by atoms with Crippen LogP contribution in [0.25, 0.3) is 0 Å². The van der Waals surface area contributed by atoms with Crippen LogP contribution in [0.15, 0.2) is 42.5 Å². The van der Waals surface area contributed by atoms with E-state index >= 15 is 0 Å². The van der Waals surface area contributed by atoms with Gasteiger partial charge in [-0.1, -0.05) is 11.6 Å². The number of rotatable bonds is 6. The number of hydrazine groups is 1. The number of nitro benzene ring substituents is 1. The molecule has 27 heavy (non-hydrogen) atoms. The minimum absolute atomic E-state index is 0.0379. The van der Waals surface area contributed by atoms with Crippen LogP contribution in [0.4, 0.5) is 11.4 Å². The van der Waals surface area contributed by atoms with Gasteiger partial charge in [0.05, 0.1) is 15.5 Å². The number of nitro groups is 1. The van der Waals surface area contributed by atoms with Gasteiger partial charge < -0.3 is 4.90 Å². The highest BCUT2D eigenvalue weighted by atomic mass is 35.5. The summed E-state index contributed by atoms with van der Waals surface area (Å²) in [7, 11) is 0. The van der Waals surface area contributed by atoms with E-state index in [0.717, 1.165) is 24.8 Å². The molecular formula is C18H19ClN4O4. The molecule has 8 nitrogen and oxygen atoms in total. The van der Waals surface area contributed by atoms with Crippen LogP contribution in [-0.2, 0) is 0 Å². The van der Waals surface area contributed by atoms with Crippen molar-refractivity contribution in [2.75, 3.05) is 18.0 Å². The Morgan fingerprint density at radius 3 is 2.19 bits per heavy atom. The minimum atomic E-state index is -0.753. The average molecular weight is 391 g/mol. The first-order valence-electron chi connectivity index (χ1n) is 8.27. The molecule has 2 aromatic carbocycles. The molecule has 0 aliphatic carbocycles. The van der Waals surface area contributed by atoms with Crippen LogP contribution in [0.2, 0.25) is 5.02 Å². The van der Waals surface area contributed by atoms with Crippen molar-refractivity contribution in [3.63, 3.8) is 0 Å². The van der Waals surface area contributed by atoms with Crippen LogP contribution in [0.5, 0.6) is 0 Å². The summed E-state index contributed by atoms with van der Waals surface area (Å²) in [5, 5.41) is 10.9. The second-order valence-electron chi connectivity index (χ2n) is 5.55. The maximum absolute atomic E-state index is 12.2. The number of amides is 2. The van der Waals surface area contributed by atoms with Crippen molar-refractivity contribution in [2.24, 2.45) is 0 Å². The van der Waals surface area contributed by atoms with Gasteiger partial charge in [-0.2, -0.15) is 0 Å². The van der Waals surface area contributed by atoms with Crippen molar-refractivity contribution >= 4 is 34.8 Å². The number of carbonyl (C=O) groups is 2. The number of hydrogen-bond acceptors (Lipinski definition) is 5. The molecule has 0 aliphatic rings. The molecule has 0 saturated carbocycles. The molecule has 0 saturated heterocycles. The van der Waals surface area contributed by atoms with E-state index in [4.69, 9.17) is 11.6 Å². The molecule has 0 heterocycles. The van der Waals surface area contributed by atoms with Gasteiger partial charge in [-0.25, -0.2) is 0 Å². The lowest BCUT2D eigenvalue weighted by Gasteiger charge is -2.21. The third-order valence-electron chi connectivity index (χ3n) is 3.95. The number of carbonyl (C=O) groups excluding carboxylic acids is 2. The molecule has 0 spiro atoms. The molecular weight excluding hydrogens is 372 g/mol. The van der Waals surface area contributed by atoms with Gasteiger partial charge in [-0.3, -0.25) is 30.6 Å². The highest BCUT2D eigenvalue weighted by Crippen LogP contribution is 2.21. The summed E-state index contributed by atoms with van der Waals surface area (Å²) in [6, 6.07) is 10.4. The van der Waals surface area contributed by atoms with Gasteiger partial charge in [0.1, 0.15) is 0 Å². The maximum atomic E-state index is 12.2. The smallest absolute Gasteiger partial charge is 0.271 e. The lowest BCUT2D eigenvalue weighted by Crippen LogP contribution is -2.41. The molecule has 0 unspecified atom stereocenters. The molecule has 2 N–H and O–H groups in total. The van der Waals surface area contributed by atoms with Gasteiger partial charge >= 0.3 is 0 Å². The molecule has 9 heteroatoms. The molecule has 0 aromatic heterocycles. The number of nitrogens with zero attached hydrogens (tertiary/aromatic N) is 2. The monoisotopic (exact) mass is 390 g/mol. The second kappa shape index (κ2) is 9.00. The third kappa shape index (κ3) is 4.95. The van der Waals surface area contributed by atoms with E-state index in [9.17, 15) is 19.7 Å². The van der Waals surface area contributed by atoms with Crippen molar-refractivity contribution in [1.29, 1.82) is 0 Å². The van der Waals surface area contributed by atoms with E-state index in [-0.39, 0.29) is 16.3 Å². The lowest BCUT2D eigenvalue weighted by atomic mass is 10.2. The van der Waals surface area contributed by atoms with E-state index in [1.165, 1.54) is 12.1 Å². The first-order chi connectivity index (χ1) is 12.9. The van der Waals surface area contributed by atoms with Crippen molar-refractivity contribution in [3.8, 4) is 0 Å². The van der Waals surface area contributed by atoms with Gasteiger partial charge in [0.25, 0.3) is 17.5 Å². The van der Waals surface area contributed by atoms with Crippen molar-refractivity contribution in [2.45, 2.75) is 13.8 Å². The summed E-state index contributed by atoms with van der Waals surface area (Å²) < 4.78 is 0. The number of hydrogen-bond donors (Lipinski definition) is 2. The van der Waals surface area contributed by atoms with Crippen LogP contribution in [0, 0.1) is 10.1 Å². The molecule has 0 atom stereocenters. The lowest BCUT2D eigenvalue weighted by molar-refractivity contribution is -0.384. The van der Waals surface area contributed by atoms with E-state index in [0.29, 0.717) is 5.56 Å². The summed E-state index contributed by atoms with van der Waals surface area (Å²) in [4.78, 5) is 36.6. The molecule has 0 bridgehead atoms. The van der Waals surface area contributed by atoms with Gasteiger partial charge in [0, 0.05) is 36.5 Å². The number of halogens is 1. The quantitative estimate of drug-likeness (QED) is 0.582. The predicted molar refractivity (Wildman–Crippen MR) is 103 cm³/mol. The Morgan fingerprint density at radius 2 is 1.63 bits per heavy atom. The normalized spacial score (nSPS) is 10.2. The second-order valence-corrected chi connectivity index (χ2v) is 5.96. The Bertz CT molecular complexity index is 851. The summed E-state index contributed by atoms with van der Waals surface area (Å²) >= 11 is 5.90. The average Bonchev–Trinajstić information content (AvgIpc) is 2.67. The van der Waals surface area contributed by atoms with Crippen LogP contribution in [0.3, 0.4) is 0 Å². The summed E-state index contributed by atoms with van der Waals surface area (Å²) in [6.45, 7) is 5.78. The van der Waals surface area contributed by atoms with Crippen LogP contribution in [-0.4, -0.2) is 29.8 Å². The van der Waals surface area contributed by atoms with E-state index in [1.807, 2.05) is 26.0 Å². The fourth-order valence-electron chi connectivity index (χ4n) is 2.47. The fourth-order valence-corrected chi connectivity index (χ4v) is 2.67. The summed E-state index contributed by atoms with van der Waals surface area (Å²) in [5.41, 5.74) is 5.44. The summed E-state index contributed by atoms with van der Waals surface area (Å²) in [5.74, 6) is -1.27. The Hall–Kier alpha value is -3.13. The third-order valence-corrected chi connectivity index (χ3v) is 4.28. The van der Waals surface area contributed by atoms with Crippen molar-refractivity contribution < 1.29 is 14.5 Å². The van der Waals surface area contributed by atoms with E-state index in [1.54, 1.807) is 12.1 Å². The Morgan fingerprint density at radius 1 is 1.04 bits per heavy atom. The zero-order valence-electron chi connectivity index (χ0n) is 14.9. The van der Waals surface area contributed by atoms with E-state index in [2.05, 4.69) is 15.8 Å². The minimum Gasteiger partial charge on any atom is -0.372 e. The molecule has 2 rings (SSSR count). The topological polar surface area (TPSA) is 105 Å². The van der Waals surface area contributed by atoms with Gasteiger partial charge in [-0.15, -0.1) is 0 Å². The maximum Gasteiger partial charge on any atom is 0.271 e. The molecule has 142 valence electrons. The van der Waals surface area contributed by atoms with Crippen LogP contribution >= 0.6 is 11.6 Å². The Balaban J connectivity index is 2.04. The fraction of sp³-hybridized carbons (Fsp3) is 0.222. The van der Waals surface area contributed by atoms with Gasteiger partial charge in [-0.05, 0) is 44.2 Å². The number of non-ortho nitro benzene ring substituents is 1. The molecule has 2 amide bonds. The zero-order chi connectivity index (χ0) is 20.0. The first-order valence-corrected chi connectivity index (χ1v) is 8.64. The Labute approximate surface area is 161 Å². The number of nitrogens with one attached hydrogen (secondary N) is 2. The molecule has 0 radical (unpaired) electrons. The molecule has 0 aliphatic heterocycles. The van der Waals surface area contributed by atoms with Crippen molar-refractivity contribution in [1.82, 2.24) is 10.9 Å². The Kier molecular flexibility index (Phi) is 6.73. The predicted octanol–water partition coefficient (Wildman–Crippen LogP) is 3.17. The number of benzene rings is 2. The first kappa shape index (κ1) is 20.2. The van der Waals surface area contributed by atoms with Crippen LogP contribution in [0.1, 0.15) is 34.6 Å². The molecule has 0 fully saturated rings. The largest absolute Gasteiger partial charge is 0.372 e. The highest BCUT2D eigenvalue weighted by molar-refractivity contribution is 6.34.